The number of hydrogen-bond acceptors (Lipinski definition) is 6. The maximum Gasteiger partial charge on any atom is 0.322 e. The van der Waals surface area contributed by atoms with Gasteiger partial charge in [-0.3, -0.25) is 9.78 Å². The summed E-state index contributed by atoms with van der Waals surface area (Å²) in [4.78, 5) is 36.4. The van der Waals surface area contributed by atoms with Crippen LogP contribution in [0.25, 0.3) is 10.8 Å². The second-order valence-electron chi connectivity index (χ2n) is 7.50. The van der Waals surface area contributed by atoms with Crippen LogP contribution in [0.15, 0.2) is 60.9 Å². The van der Waals surface area contributed by atoms with E-state index < -0.39 is 11.9 Å². The lowest BCUT2D eigenvalue weighted by Crippen LogP contribution is -2.42. The molecule has 3 heterocycles. The molecule has 32 heavy (non-hydrogen) atoms. The van der Waals surface area contributed by atoms with Gasteiger partial charge in [-0.25, -0.2) is 9.78 Å². The first-order valence-electron chi connectivity index (χ1n) is 10.1. The average molecular weight is 445 g/mol. The first-order valence-corrected chi connectivity index (χ1v) is 10.9. The number of thiazole rings is 1. The third kappa shape index (κ3) is 3.42. The van der Waals surface area contributed by atoms with E-state index in [0.717, 1.165) is 26.9 Å². The topological polar surface area (TPSA) is 127 Å². The van der Waals surface area contributed by atoms with Gasteiger partial charge in [-0.1, -0.05) is 30.3 Å². The van der Waals surface area contributed by atoms with Gasteiger partial charge in [0.1, 0.15) is 0 Å². The second kappa shape index (κ2) is 7.93. The van der Waals surface area contributed by atoms with Gasteiger partial charge in [-0.05, 0) is 18.2 Å². The highest BCUT2D eigenvalue weighted by molar-refractivity contribution is 7.13. The Morgan fingerprint density at radius 1 is 1.12 bits per heavy atom. The summed E-state index contributed by atoms with van der Waals surface area (Å²) in [6.07, 6.45) is 3.98. The van der Waals surface area contributed by atoms with Crippen LogP contribution in [-0.2, 0) is 6.42 Å². The van der Waals surface area contributed by atoms with Crippen LogP contribution in [0.3, 0.4) is 0 Å². The molecule has 5 rings (SSSR count). The highest BCUT2D eigenvalue weighted by Gasteiger charge is 2.36. The van der Waals surface area contributed by atoms with Crippen molar-refractivity contribution < 1.29 is 9.59 Å². The van der Waals surface area contributed by atoms with Gasteiger partial charge >= 0.3 is 6.03 Å². The number of anilines is 2. The van der Waals surface area contributed by atoms with E-state index in [1.165, 1.54) is 11.3 Å². The van der Waals surface area contributed by atoms with Crippen molar-refractivity contribution in [3.63, 3.8) is 0 Å². The molecule has 160 valence electrons. The van der Waals surface area contributed by atoms with E-state index in [4.69, 9.17) is 11.5 Å². The Hall–Kier alpha value is -3.98. The third-order valence-corrected chi connectivity index (χ3v) is 6.73. The maximum atomic E-state index is 13.5. The summed E-state index contributed by atoms with van der Waals surface area (Å²) in [5.41, 5.74) is 14.6. The summed E-state index contributed by atoms with van der Waals surface area (Å²) in [6, 6.07) is 14.2. The Kier molecular flexibility index (Phi) is 4.95. The molecular formula is C23H20N6O2S. The van der Waals surface area contributed by atoms with Gasteiger partial charge in [0, 0.05) is 47.4 Å². The number of carbonyl (C=O) groups excluding carboxylic acids is 2. The van der Waals surface area contributed by atoms with Crippen LogP contribution in [0.2, 0.25) is 0 Å². The number of nitrogens with zero attached hydrogens (tertiary/aromatic N) is 3. The molecule has 1 atom stereocenters. The molecular weight excluding hydrogens is 424 g/mol. The van der Waals surface area contributed by atoms with E-state index in [-0.39, 0.29) is 11.0 Å². The molecule has 0 radical (unpaired) electrons. The van der Waals surface area contributed by atoms with Crippen LogP contribution in [0.5, 0.6) is 0 Å². The fourth-order valence-corrected chi connectivity index (χ4v) is 5.16. The normalized spacial score (nSPS) is 15.4. The number of para-hydroxylation sites is 1. The van der Waals surface area contributed by atoms with E-state index in [1.807, 2.05) is 42.5 Å². The van der Waals surface area contributed by atoms with Crippen molar-refractivity contribution in [1.82, 2.24) is 14.9 Å². The zero-order valence-corrected chi connectivity index (χ0v) is 17.8. The number of carbonyl (C=O) groups is 2. The Morgan fingerprint density at radius 2 is 1.97 bits per heavy atom. The Balaban J connectivity index is 1.56. The molecule has 8 nitrogen and oxygen atoms in total. The number of benzene rings is 2. The van der Waals surface area contributed by atoms with Crippen molar-refractivity contribution in [1.29, 1.82) is 0 Å². The molecule has 0 fully saturated rings. The van der Waals surface area contributed by atoms with Crippen LogP contribution in [-0.4, -0.2) is 33.4 Å². The highest BCUT2D eigenvalue weighted by Crippen LogP contribution is 2.41. The predicted molar refractivity (Wildman–Crippen MR) is 125 cm³/mol. The molecule has 2 aromatic heterocycles. The van der Waals surface area contributed by atoms with E-state index in [9.17, 15) is 9.59 Å². The van der Waals surface area contributed by atoms with Crippen molar-refractivity contribution in [2.45, 2.75) is 12.5 Å². The average Bonchev–Trinajstić information content (AvgIpc) is 3.24. The molecule has 0 saturated carbocycles. The van der Waals surface area contributed by atoms with Crippen LogP contribution < -0.4 is 16.8 Å². The molecule has 1 unspecified atom stereocenters. The van der Waals surface area contributed by atoms with Crippen molar-refractivity contribution in [3.05, 3.63) is 82.1 Å². The minimum absolute atomic E-state index is 0.235. The van der Waals surface area contributed by atoms with Crippen LogP contribution in [0.4, 0.5) is 16.2 Å². The number of nitrogen functional groups attached to an aromatic ring is 1. The van der Waals surface area contributed by atoms with Crippen molar-refractivity contribution in [2.75, 3.05) is 17.6 Å². The number of aromatic nitrogens is 2. The molecule has 0 spiro atoms. The third-order valence-electron chi connectivity index (χ3n) is 5.56. The molecule has 9 heteroatoms. The van der Waals surface area contributed by atoms with Crippen LogP contribution in [0, 0.1) is 0 Å². The van der Waals surface area contributed by atoms with Gasteiger partial charge in [0.05, 0.1) is 22.3 Å². The number of pyridine rings is 1. The number of urea groups is 1. The first kappa shape index (κ1) is 20.0. The lowest BCUT2D eigenvalue weighted by molar-refractivity contribution is 0.0999. The Labute approximate surface area is 187 Å². The maximum absolute atomic E-state index is 13.5. The Bertz CT molecular complexity index is 1350. The second-order valence-corrected chi connectivity index (χ2v) is 8.53. The molecule has 1 aliphatic rings. The fraction of sp³-hybridized carbons (Fsp3) is 0.130. The highest BCUT2D eigenvalue weighted by atomic mass is 32.1. The Morgan fingerprint density at radius 3 is 2.78 bits per heavy atom. The lowest BCUT2D eigenvalue weighted by atomic mass is 9.96. The zero-order chi connectivity index (χ0) is 22.2. The monoisotopic (exact) mass is 444 g/mol. The van der Waals surface area contributed by atoms with Crippen LogP contribution >= 0.6 is 11.3 Å². The lowest BCUT2D eigenvalue weighted by Gasteiger charge is -2.36. The molecule has 0 saturated heterocycles. The molecule has 0 aliphatic carbocycles. The predicted octanol–water partition coefficient (Wildman–Crippen LogP) is 3.55. The van der Waals surface area contributed by atoms with Gasteiger partial charge in [0.25, 0.3) is 5.91 Å². The SMILES string of the molecule is NC(=O)c1nc2c(s1)C(c1ccccc1N)N(C(=O)Nc1cccc3cnccc13)CC2. The van der Waals surface area contributed by atoms with E-state index >= 15 is 0 Å². The first-order chi connectivity index (χ1) is 15.5. The quantitative estimate of drug-likeness (QED) is 0.417. The van der Waals surface area contributed by atoms with E-state index in [2.05, 4.69) is 15.3 Å². The van der Waals surface area contributed by atoms with Gasteiger partial charge in [-0.15, -0.1) is 11.3 Å². The largest absolute Gasteiger partial charge is 0.398 e. The minimum atomic E-state index is -0.579. The summed E-state index contributed by atoms with van der Waals surface area (Å²) in [6.45, 7) is 0.423. The van der Waals surface area contributed by atoms with E-state index in [1.54, 1.807) is 23.4 Å². The van der Waals surface area contributed by atoms with Gasteiger partial charge in [0.15, 0.2) is 5.01 Å². The number of hydrogen-bond donors (Lipinski definition) is 3. The van der Waals surface area contributed by atoms with Gasteiger partial charge in [-0.2, -0.15) is 0 Å². The van der Waals surface area contributed by atoms with Crippen molar-refractivity contribution in [3.8, 4) is 0 Å². The van der Waals surface area contributed by atoms with E-state index in [0.29, 0.717) is 24.3 Å². The molecule has 4 aromatic rings. The number of rotatable bonds is 3. The number of amides is 3. The number of nitrogens with two attached hydrogens (primary N) is 2. The molecule has 3 amide bonds. The molecule has 2 aromatic carbocycles. The number of fused-ring (bicyclic) bond motifs is 2. The summed E-state index contributed by atoms with van der Waals surface area (Å²) in [5.74, 6) is -0.579. The fourth-order valence-electron chi connectivity index (χ4n) is 4.07. The molecule has 1 aliphatic heterocycles. The summed E-state index contributed by atoms with van der Waals surface area (Å²) in [5, 5.41) is 5.11. The smallest absolute Gasteiger partial charge is 0.322 e. The summed E-state index contributed by atoms with van der Waals surface area (Å²) >= 11 is 1.21. The van der Waals surface area contributed by atoms with Gasteiger partial charge in [0.2, 0.25) is 0 Å². The summed E-state index contributed by atoms with van der Waals surface area (Å²) < 4.78 is 0. The van der Waals surface area contributed by atoms with Crippen molar-refractivity contribution in [2.24, 2.45) is 5.73 Å². The van der Waals surface area contributed by atoms with Crippen molar-refractivity contribution >= 4 is 45.4 Å². The van der Waals surface area contributed by atoms with Crippen LogP contribution in [0.1, 0.15) is 32.0 Å². The zero-order valence-electron chi connectivity index (χ0n) is 17.0. The molecule has 5 N–H and O–H groups in total. The van der Waals surface area contributed by atoms with Gasteiger partial charge < -0.3 is 21.7 Å². The minimum Gasteiger partial charge on any atom is -0.398 e. The molecule has 0 bridgehead atoms. The summed E-state index contributed by atoms with van der Waals surface area (Å²) in [7, 11) is 0. The standard InChI is InChI=1S/C23H20N6O2S/c24-16-6-2-1-5-15(16)19-20-18(27-22(32-20)21(25)30)9-11-29(19)23(31)28-17-7-3-4-13-12-26-10-8-14(13)17/h1-8,10,12,19H,9,11,24H2,(H2,25,30)(H,28,31). The number of primary amides is 1. The number of nitrogens with one attached hydrogen (secondary N) is 1.